The monoisotopic (exact) mass is 329 g/mol. The molecule has 0 spiro atoms. The highest BCUT2D eigenvalue weighted by Gasteiger charge is 2.41. The molecule has 3 rings (SSSR count). The van der Waals surface area contributed by atoms with Gasteiger partial charge in [-0.25, -0.2) is 0 Å². The number of aromatic nitrogens is 1. The van der Waals surface area contributed by atoms with Crippen molar-refractivity contribution in [1.82, 2.24) is 14.8 Å². The Kier molecular flexibility index (Phi) is 3.99. The van der Waals surface area contributed by atoms with Crippen molar-refractivity contribution in [2.75, 3.05) is 0 Å². The standard InChI is InChI=1S/C18H23N3O3/c1-12-17(23)21(11-13-7-6-10-24-13)15(14-8-5-9-20(12)14)16(22)19-18(2,3)4/h5-10,12,15H,11H2,1-4H3,(H,19,22)/t12-,15?/m0/s1. The Bertz CT molecular complexity index is 740. The van der Waals surface area contributed by atoms with E-state index in [2.05, 4.69) is 5.32 Å². The quantitative estimate of drug-likeness (QED) is 0.941. The van der Waals surface area contributed by atoms with E-state index in [4.69, 9.17) is 4.42 Å². The van der Waals surface area contributed by atoms with Crippen LogP contribution in [0, 0.1) is 0 Å². The number of amides is 2. The Morgan fingerprint density at radius 2 is 2.04 bits per heavy atom. The Balaban J connectivity index is 2.00. The number of hydrogen-bond donors (Lipinski definition) is 1. The second kappa shape index (κ2) is 5.85. The minimum atomic E-state index is -0.673. The van der Waals surface area contributed by atoms with E-state index in [0.29, 0.717) is 5.76 Å². The molecule has 24 heavy (non-hydrogen) atoms. The summed E-state index contributed by atoms with van der Waals surface area (Å²) in [5.41, 5.74) is 0.437. The van der Waals surface area contributed by atoms with Crippen LogP contribution < -0.4 is 5.32 Å². The maximum atomic E-state index is 12.9. The van der Waals surface area contributed by atoms with E-state index in [1.54, 1.807) is 17.2 Å². The SMILES string of the molecule is C[C@H]1C(=O)N(Cc2ccco2)C(C(=O)NC(C)(C)C)c2cccn21. The molecule has 2 aromatic heterocycles. The number of rotatable bonds is 3. The van der Waals surface area contributed by atoms with Gasteiger partial charge >= 0.3 is 0 Å². The number of carbonyl (C=O) groups is 2. The summed E-state index contributed by atoms with van der Waals surface area (Å²) in [6.45, 7) is 7.89. The summed E-state index contributed by atoms with van der Waals surface area (Å²) in [6, 6.07) is 6.33. The molecule has 128 valence electrons. The lowest BCUT2D eigenvalue weighted by Crippen LogP contribution is -2.53. The van der Waals surface area contributed by atoms with Crippen LogP contribution in [0.2, 0.25) is 0 Å². The Labute approximate surface area is 141 Å². The Morgan fingerprint density at radius 1 is 1.29 bits per heavy atom. The van der Waals surface area contributed by atoms with E-state index in [-0.39, 0.29) is 29.9 Å². The molecule has 3 heterocycles. The lowest BCUT2D eigenvalue weighted by Gasteiger charge is -2.39. The zero-order chi connectivity index (χ0) is 17.5. The summed E-state index contributed by atoms with van der Waals surface area (Å²) in [5, 5.41) is 2.99. The first-order valence-electron chi connectivity index (χ1n) is 8.09. The van der Waals surface area contributed by atoms with Crippen LogP contribution in [-0.4, -0.2) is 26.8 Å². The third kappa shape index (κ3) is 2.96. The minimum Gasteiger partial charge on any atom is -0.467 e. The lowest BCUT2D eigenvalue weighted by atomic mass is 10.0. The summed E-state index contributed by atoms with van der Waals surface area (Å²) in [7, 11) is 0. The van der Waals surface area contributed by atoms with Gasteiger partial charge in [0, 0.05) is 11.7 Å². The van der Waals surface area contributed by atoms with Crippen molar-refractivity contribution in [1.29, 1.82) is 0 Å². The van der Waals surface area contributed by atoms with Crippen LogP contribution in [0.3, 0.4) is 0 Å². The Hall–Kier alpha value is -2.50. The maximum absolute atomic E-state index is 12.9. The number of carbonyl (C=O) groups excluding carboxylic acids is 2. The average Bonchev–Trinajstić information content (AvgIpc) is 3.13. The van der Waals surface area contributed by atoms with E-state index in [1.165, 1.54) is 0 Å². The first-order chi connectivity index (χ1) is 11.3. The molecule has 0 aromatic carbocycles. The minimum absolute atomic E-state index is 0.0934. The van der Waals surface area contributed by atoms with Gasteiger partial charge in [0.05, 0.1) is 18.5 Å². The molecule has 0 fully saturated rings. The van der Waals surface area contributed by atoms with Crippen molar-refractivity contribution in [3.8, 4) is 0 Å². The van der Waals surface area contributed by atoms with Gasteiger partial charge in [-0.2, -0.15) is 0 Å². The van der Waals surface area contributed by atoms with Gasteiger partial charge in [-0.05, 0) is 52.0 Å². The largest absolute Gasteiger partial charge is 0.467 e. The summed E-state index contributed by atoms with van der Waals surface area (Å²) in [5.74, 6) is 0.377. The van der Waals surface area contributed by atoms with Crippen LogP contribution >= 0.6 is 0 Å². The summed E-state index contributed by atoms with van der Waals surface area (Å²) < 4.78 is 7.25. The topological polar surface area (TPSA) is 67.5 Å². The molecule has 0 bridgehead atoms. The van der Waals surface area contributed by atoms with E-state index in [1.807, 2.05) is 56.7 Å². The Morgan fingerprint density at radius 3 is 2.67 bits per heavy atom. The fourth-order valence-corrected chi connectivity index (χ4v) is 3.09. The smallest absolute Gasteiger partial charge is 0.249 e. The van der Waals surface area contributed by atoms with Crippen molar-refractivity contribution in [3.63, 3.8) is 0 Å². The highest BCUT2D eigenvalue weighted by Crippen LogP contribution is 2.34. The van der Waals surface area contributed by atoms with Crippen LogP contribution in [0.15, 0.2) is 41.1 Å². The fraction of sp³-hybridized carbons (Fsp3) is 0.444. The van der Waals surface area contributed by atoms with Gasteiger partial charge in [0.15, 0.2) is 6.04 Å². The van der Waals surface area contributed by atoms with Crippen molar-refractivity contribution >= 4 is 11.8 Å². The third-order valence-corrected chi connectivity index (χ3v) is 4.11. The average molecular weight is 329 g/mol. The van der Waals surface area contributed by atoms with Crippen molar-refractivity contribution in [2.45, 2.75) is 51.9 Å². The predicted molar refractivity (Wildman–Crippen MR) is 89.0 cm³/mol. The molecule has 0 saturated heterocycles. The van der Waals surface area contributed by atoms with Crippen molar-refractivity contribution in [3.05, 3.63) is 48.2 Å². The number of nitrogens with zero attached hydrogens (tertiary/aromatic N) is 2. The number of hydrogen-bond acceptors (Lipinski definition) is 3. The van der Waals surface area contributed by atoms with Gasteiger partial charge in [0.25, 0.3) is 0 Å². The van der Waals surface area contributed by atoms with Crippen molar-refractivity contribution in [2.24, 2.45) is 0 Å². The van der Waals surface area contributed by atoms with Gasteiger partial charge < -0.3 is 19.2 Å². The molecule has 1 aliphatic heterocycles. The predicted octanol–water partition coefficient (Wildman–Crippen LogP) is 2.64. The second-order valence-electron chi connectivity index (χ2n) is 7.20. The molecular weight excluding hydrogens is 306 g/mol. The highest BCUT2D eigenvalue weighted by molar-refractivity contribution is 5.91. The fourth-order valence-electron chi connectivity index (χ4n) is 3.09. The first-order valence-corrected chi connectivity index (χ1v) is 8.09. The van der Waals surface area contributed by atoms with Gasteiger partial charge in [-0.3, -0.25) is 9.59 Å². The van der Waals surface area contributed by atoms with Crippen LogP contribution in [-0.2, 0) is 16.1 Å². The van der Waals surface area contributed by atoms with E-state index >= 15 is 0 Å². The molecule has 1 N–H and O–H groups in total. The van der Waals surface area contributed by atoms with Gasteiger partial charge in [0.1, 0.15) is 11.8 Å². The molecule has 1 unspecified atom stereocenters. The van der Waals surface area contributed by atoms with Crippen LogP contribution in [0.1, 0.15) is 51.2 Å². The second-order valence-corrected chi connectivity index (χ2v) is 7.20. The molecule has 2 atom stereocenters. The molecule has 2 aromatic rings. The van der Waals surface area contributed by atoms with E-state index in [9.17, 15) is 9.59 Å². The van der Waals surface area contributed by atoms with E-state index < -0.39 is 6.04 Å². The summed E-state index contributed by atoms with van der Waals surface area (Å²) in [6.07, 6.45) is 3.42. The van der Waals surface area contributed by atoms with Crippen molar-refractivity contribution < 1.29 is 14.0 Å². The van der Waals surface area contributed by atoms with Gasteiger partial charge in [0.2, 0.25) is 11.8 Å². The van der Waals surface area contributed by atoms with Crippen LogP contribution in [0.25, 0.3) is 0 Å². The number of fused-ring (bicyclic) bond motifs is 1. The maximum Gasteiger partial charge on any atom is 0.249 e. The molecule has 0 aliphatic carbocycles. The van der Waals surface area contributed by atoms with Gasteiger partial charge in [-0.15, -0.1) is 0 Å². The lowest BCUT2D eigenvalue weighted by molar-refractivity contribution is -0.147. The molecular formula is C18H23N3O3. The molecule has 1 aliphatic rings. The molecule has 2 amide bonds. The van der Waals surface area contributed by atoms with Gasteiger partial charge in [-0.1, -0.05) is 0 Å². The summed E-state index contributed by atoms with van der Waals surface area (Å²) >= 11 is 0. The normalized spacial score (nSPS) is 20.8. The highest BCUT2D eigenvalue weighted by atomic mass is 16.3. The molecule has 6 nitrogen and oxygen atoms in total. The van der Waals surface area contributed by atoms with E-state index in [0.717, 1.165) is 5.69 Å². The zero-order valence-corrected chi connectivity index (χ0v) is 14.4. The summed E-state index contributed by atoms with van der Waals surface area (Å²) in [4.78, 5) is 27.4. The first kappa shape index (κ1) is 16.4. The number of nitrogens with one attached hydrogen (secondary N) is 1. The molecule has 0 saturated carbocycles. The molecule has 6 heteroatoms. The molecule has 0 radical (unpaired) electrons. The van der Waals surface area contributed by atoms with Crippen LogP contribution in [0.4, 0.5) is 0 Å². The third-order valence-electron chi connectivity index (χ3n) is 4.11. The number of furan rings is 1. The van der Waals surface area contributed by atoms with Crippen LogP contribution in [0.5, 0.6) is 0 Å². The zero-order valence-electron chi connectivity index (χ0n) is 14.4.